The van der Waals surface area contributed by atoms with Crippen LogP contribution in [-0.4, -0.2) is 39.2 Å². The van der Waals surface area contributed by atoms with E-state index in [-0.39, 0.29) is 0 Å². The van der Waals surface area contributed by atoms with E-state index in [1.54, 1.807) is 0 Å². The molecule has 1 aromatic heterocycles. The van der Waals surface area contributed by atoms with Crippen LogP contribution in [0.2, 0.25) is 0 Å². The summed E-state index contributed by atoms with van der Waals surface area (Å²) >= 11 is 0. The molecule has 0 radical (unpaired) electrons. The van der Waals surface area contributed by atoms with Crippen molar-refractivity contribution in [2.45, 2.75) is 13.5 Å². The summed E-state index contributed by atoms with van der Waals surface area (Å²) in [6.45, 7) is 2.77. The zero-order valence-electron chi connectivity index (χ0n) is 13.1. The highest BCUT2D eigenvalue weighted by Gasteiger charge is 2.12. The van der Waals surface area contributed by atoms with Gasteiger partial charge in [-0.2, -0.15) is 4.68 Å². The quantitative estimate of drug-likeness (QED) is 0.742. The lowest BCUT2D eigenvalue weighted by molar-refractivity contribution is 0.385. The first-order valence-corrected chi connectivity index (χ1v) is 7.23. The van der Waals surface area contributed by atoms with Crippen molar-refractivity contribution >= 4 is 0 Å². The molecule has 2 aromatic carbocycles. The lowest BCUT2D eigenvalue weighted by atomic mass is 10.0. The molecule has 0 aliphatic rings. The number of hydrogen-bond donors (Lipinski definition) is 0. The SMILES string of the molecule is Cc1ccc(-c2ccccc2)cc1-n1nnnc1CN(C)C. The number of rotatable bonds is 4. The molecule has 0 atom stereocenters. The second kappa shape index (κ2) is 6.07. The second-order valence-corrected chi connectivity index (χ2v) is 5.61. The van der Waals surface area contributed by atoms with E-state index in [4.69, 9.17) is 0 Å². The third kappa shape index (κ3) is 2.89. The minimum atomic E-state index is 0.696. The van der Waals surface area contributed by atoms with Crippen LogP contribution in [-0.2, 0) is 6.54 Å². The van der Waals surface area contributed by atoms with Gasteiger partial charge in [0, 0.05) is 0 Å². The van der Waals surface area contributed by atoms with Crippen LogP contribution in [0.5, 0.6) is 0 Å². The minimum absolute atomic E-state index is 0.696. The van der Waals surface area contributed by atoms with E-state index < -0.39 is 0 Å². The molecule has 22 heavy (non-hydrogen) atoms. The molecule has 0 unspecified atom stereocenters. The predicted molar refractivity (Wildman–Crippen MR) is 86.7 cm³/mol. The topological polar surface area (TPSA) is 46.8 Å². The lowest BCUT2D eigenvalue weighted by Crippen LogP contribution is -2.16. The van der Waals surface area contributed by atoms with Gasteiger partial charge in [0.2, 0.25) is 0 Å². The largest absolute Gasteiger partial charge is 0.302 e. The molecular formula is C17H19N5. The molecule has 0 aliphatic carbocycles. The van der Waals surface area contributed by atoms with Crippen LogP contribution in [0.4, 0.5) is 0 Å². The number of aromatic nitrogens is 4. The van der Waals surface area contributed by atoms with Crippen molar-refractivity contribution in [1.82, 2.24) is 25.1 Å². The Morgan fingerprint density at radius 1 is 1.00 bits per heavy atom. The van der Waals surface area contributed by atoms with E-state index in [0.29, 0.717) is 6.54 Å². The zero-order chi connectivity index (χ0) is 15.5. The van der Waals surface area contributed by atoms with Gasteiger partial charge in [0.05, 0.1) is 12.2 Å². The van der Waals surface area contributed by atoms with Gasteiger partial charge >= 0.3 is 0 Å². The summed E-state index contributed by atoms with van der Waals surface area (Å²) in [5.74, 6) is 0.832. The first-order valence-electron chi connectivity index (χ1n) is 7.23. The maximum Gasteiger partial charge on any atom is 0.170 e. The van der Waals surface area contributed by atoms with E-state index in [1.807, 2.05) is 37.0 Å². The van der Waals surface area contributed by atoms with Crippen molar-refractivity contribution in [3.63, 3.8) is 0 Å². The van der Waals surface area contributed by atoms with E-state index >= 15 is 0 Å². The standard InChI is InChI=1S/C17H19N5/c1-13-9-10-15(14-7-5-4-6-8-14)11-16(13)22-17(12-21(2)3)18-19-20-22/h4-11H,12H2,1-3H3. The molecule has 0 amide bonds. The first kappa shape index (κ1) is 14.4. The molecule has 112 valence electrons. The van der Waals surface area contributed by atoms with Gasteiger partial charge < -0.3 is 4.90 Å². The molecule has 0 saturated carbocycles. The second-order valence-electron chi connectivity index (χ2n) is 5.61. The van der Waals surface area contributed by atoms with Crippen LogP contribution >= 0.6 is 0 Å². The maximum absolute atomic E-state index is 4.16. The van der Waals surface area contributed by atoms with Crippen LogP contribution in [0.25, 0.3) is 16.8 Å². The summed E-state index contributed by atoms with van der Waals surface area (Å²) in [4.78, 5) is 2.05. The number of aryl methyl sites for hydroxylation is 1. The smallest absolute Gasteiger partial charge is 0.170 e. The van der Waals surface area contributed by atoms with Crippen molar-refractivity contribution in [1.29, 1.82) is 0 Å². The molecule has 0 aliphatic heterocycles. The number of nitrogens with zero attached hydrogens (tertiary/aromatic N) is 5. The number of hydrogen-bond acceptors (Lipinski definition) is 4. The average Bonchev–Trinajstić information content (AvgIpc) is 2.96. The fourth-order valence-corrected chi connectivity index (χ4v) is 2.42. The van der Waals surface area contributed by atoms with Gasteiger partial charge in [-0.1, -0.05) is 42.5 Å². The van der Waals surface area contributed by atoms with Gasteiger partial charge in [0.1, 0.15) is 0 Å². The van der Waals surface area contributed by atoms with Crippen LogP contribution in [0.3, 0.4) is 0 Å². The molecule has 3 rings (SSSR count). The van der Waals surface area contributed by atoms with Gasteiger partial charge in [-0.15, -0.1) is 5.10 Å². The first-order chi connectivity index (χ1) is 10.6. The Labute approximate surface area is 130 Å². The van der Waals surface area contributed by atoms with E-state index in [0.717, 1.165) is 22.6 Å². The van der Waals surface area contributed by atoms with Crippen molar-refractivity contribution < 1.29 is 0 Å². The van der Waals surface area contributed by atoms with E-state index in [2.05, 4.69) is 57.7 Å². The number of benzene rings is 2. The Hall–Kier alpha value is -2.53. The zero-order valence-corrected chi connectivity index (χ0v) is 13.1. The summed E-state index contributed by atoms with van der Waals surface area (Å²) in [5, 5.41) is 12.1. The van der Waals surface area contributed by atoms with Crippen LogP contribution in [0.15, 0.2) is 48.5 Å². The molecule has 0 N–H and O–H groups in total. The molecular weight excluding hydrogens is 274 g/mol. The Bertz CT molecular complexity index is 762. The monoisotopic (exact) mass is 293 g/mol. The third-order valence-corrected chi connectivity index (χ3v) is 3.54. The van der Waals surface area contributed by atoms with Gasteiger partial charge in [-0.05, 0) is 54.2 Å². The van der Waals surface area contributed by atoms with Gasteiger partial charge in [0.15, 0.2) is 5.82 Å². The highest BCUT2D eigenvalue weighted by Crippen LogP contribution is 2.24. The fraction of sp³-hybridized carbons (Fsp3) is 0.235. The molecule has 0 spiro atoms. The molecule has 5 nitrogen and oxygen atoms in total. The fourth-order valence-electron chi connectivity index (χ4n) is 2.42. The molecule has 5 heteroatoms. The molecule has 0 saturated heterocycles. The Balaban J connectivity index is 2.06. The van der Waals surface area contributed by atoms with Gasteiger partial charge in [0.25, 0.3) is 0 Å². The van der Waals surface area contributed by atoms with Crippen LogP contribution in [0, 0.1) is 6.92 Å². The predicted octanol–water partition coefficient (Wildman–Crippen LogP) is 2.70. The lowest BCUT2D eigenvalue weighted by Gasteiger charge is -2.12. The van der Waals surface area contributed by atoms with Crippen molar-refractivity contribution in [2.75, 3.05) is 14.1 Å². The van der Waals surface area contributed by atoms with Crippen LogP contribution in [0.1, 0.15) is 11.4 Å². The summed E-state index contributed by atoms with van der Waals surface area (Å²) in [6, 6.07) is 16.7. The van der Waals surface area contributed by atoms with Crippen LogP contribution < -0.4 is 0 Å². The summed E-state index contributed by atoms with van der Waals surface area (Å²) in [6.07, 6.45) is 0. The molecule has 3 aromatic rings. The number of tetrazole rings is 1. The Morgan fingerprint density at radius 2 is 1.77 bits per heavy atom. The third-order valence-electron chi connectivity index (χ3n) is 3.54. The van der Waals surface area contributed by atoms with Gasteiger partial charge in [-0.25, -0.2) is 0 Å². The highest BCUT2D eigenvalue weighted by molar-refractivity contribution is 5.67. The normalized spacial score (nSPS) is 11.1. The molecule has 0 bridgehead atoms. The summed E-state index contributed by atoms with van der Waals surface area (Å²) < 4.78 is 1.82. The highest BCUT2D eigenvalue weighted by atomic mass is 15.5. The minimum Gasteiger partial charge on any atom is -0.302 e. The van der Waals surface area contributed by atoms with E-state index in [9.17, 15) is 0 Å². The van der Waals surface area contributed by atoms with E-state index in [1.165, 1.54) is 5.56 Å². The van der Waals surface area contributed by atoms with Crippen molar-refractivity contribution in [3.8, 4) is 16.8 Å². The van der Waals surface area contributed by atoms with Crippen molar-refractivity contribution in [3.05, 3.63) is 59.9 Å². The van der Waals surface area contributed by atoms with Crippen molar-refractivity contribution in [2.24, 2.45) is 0 Å². The molecule has 0 fully saturated rings. The average molecular weight is 293 g/mol. The Morgan fingerprint density at radius 3 is 2.50 bits per heavy atom. The summed E-state index contributed by atoms with van der Waals surface area (Å²) in [7, 11) is 4.01. The molecule has 1 heterocycles. The van der Waals surface area contributed by atoms with Gasteiger partial charge in [-0.3, -0.25) is 0 Å². The summed E-state index contributed by atoms with van der Waals surface area (Å²) in [5.41, 5.74) is 4.51. The maximum atomic E-state index is 4.16. The Kier molecular flexibility index (Phi) is 3.98.